The largest absolute Gasteiger partial charge is 0.491 e. The highest BCUT2D eigenvalue weighted by atomic mass is 19.4. The van der Waals surface area contributed by atoms with Gasteiger partial charge in [0.05, 0.1) is 17.9 Å². The van der Waals surface area contributed by atoms with E-state index in [0.29, 0.717) is 6.42 Å². The van der Waals surface area contributed by atoms with E-state index in [0.717, 1.165) is 21.8 Å². The molecule has 1 fully saturated rings. The van der Waals surface area contributed by atoms with E-state index in [1.54, 1.807) is 0 Å². The first-order valence-electron chi connectivity index (χ1n) is 8.23. The van der Waals surface area contributed by atoms with Crippen molar-refractivity contribution in [1.29, 1.82) is 0 Å². The Morgan fingerprint density at radius 2 is 2.04 bits per heavy atom. The molecule has 0 aliphatic carbocycles. The molecule has 1 saturated heterocycles. The predicted octanol–water partition coefficient (Wildman–Crippen LogP) is 2.20. The molecule has 0 spiro atoms. The molecule has 1 aromatic rings. The Morgan fingerprint density at radius 1 is 1.31 bits per heavy atom. The van der Waals surface area contributed by atoms with Crippen LogP contribution >= 0.6 is 0 Å². The van der Waals surface area contributed by atoms with Gasteiger partial charge in [-0.2, -0.15) is 13.2 Å². The number of hydrogen-bond acceptors (Lipinski definition) is 3. The minimum Gasteiger partial charge on any atom is -0.491 e. The van der Waals surface area contributed by atoms with Gasteiger partial charge in [0, 0.05) is 13.1 Å². The van der Waals surface area contributed by atoms with Crippen LogP contribution in [-0.4, -0.2) is 53.9 Å². The van der Waals surface area contributed by atoms with Gasteiger partial charge in [0.1, 0.15) is 12.4 Å². The third-order valence-corrected chi connectivity index (χ3v) is 4.86. The van der Waals surface area contributed by atoms with Crippen LogP contribution < -0.4 is 10.1 Å². The Hall–Kier alpha value is -2.45. The molecule has 0 aromatic heterocycles. The molecule has 26 heavy (non-hydrogen) atoms. The van der Waals surface area contributed by atoms with Crippen LogP contribution in [0.4, 0.5) is 18.0 Å². The number of nitrogens with one attached hydrogen (secondary N) is 1. The number of amides is 2. The average molecular weight is 372 g/mol. The molecule has 9 heteroatoms. The van der Waals surface area contributed by atoms with Gasteiger partial charge in [-0.25, -0.2) is 4.79 Å². The summed E-state index contributed by atoms with van der Waals surface area (Å²) in [4.78, 5) is 24.4. The van der Waals surface area contributed by atoms with E-state index >= 15 is 0 Å². The van der Waals surface area contributed by atoms with Crippen LogP contribution in [0, 0.1) is 18.8 Å². The number of fused-ring (bicyclic) bond motifs is 1. The zero-order valence-corrected chi connectivity index (χ0v) is 14.0. The monoisotopic (exact) mass is 372 g/mol. The van der Waals surface area contributed by atoms with E-state index in [2.05, 4.69) is 5.32 Å². The van der Waals surface area contributed by atoms with Crippen molar-refractivity contribution in [3.05, 3.63) is 29.3 Å². The SMILES string of the molecule is Cc1cccc2c1OCC(NC(=O)N1C[C@@H](C(F)(F)F)[C@H](C(=O)O)C1)C2. The maximum absolute atomic E-state index is 13.0. The second kappa shape index (κ2) is 6.69. The van der Waals surface area contributed by atoms with Gasteiger partial charge in [0.15, 0.2) is 0 Å². The van der Waals surface area contributed by atoms with Crippen molar-refractivity contribution < 1.29 is 32.6 Å². The summed E-state index contributed by atoms with van der Waals surface area (Å²) >= 11 is 0. The number of likely N-dealkylation sites (tertiary alicyclic amines) is 1. The number of benzene rings is 1. The summed E-state index contributed by atoms with van der Waals surface area (Å²) in [5, 5.41) is 11.7. The molecule has 2 heterocycles. The molecule has 142 valence electrons. The fraction of sp³-hybridized carbons (Fsp3) is 0.529. The summed E-state index contributed by atoms with van der Waals surface area (Å²) in [6, 6.07) is 4.56. The minimum absolute atomic E-state index is 0.211. The van der Waals surface area contributed by atoms with Gasteiger partial charge in [-0.3, -0.25) is 4.79 Å². The fourth-order valence-electron chi connectivity index (χ4n) is 3.50. The van der Waals surface area contributed by atoms with Gasteiger partial charge >= 0.3 is 18.2 Å². The van der Waals surface area contributed by atoms with Gasteiger partial charge in [0.25, 0.3) is 0 Å². The topological polar surface area (TPSA) is 78.9 Å². The summed E-state index contributed by atoms with van der Waals surface area (Å²) in [6.07, 6.45) is -4.16. The van der Waals surface area contributed by atoms with Crippen LogP contribution in [0.1, 0.15) is 11.1 Å². The maximum Gasteiger partial charge on any atom is 0.394 e. The van der Waals surface area contributed by atoms with E-state index in [4.69, 9.17) is 9.84 Å². The fourth-order valence-corrected chi connectivity index (χ4v) is 3.50. The molecular weight excluding hydrogens is 353 g/mol. The molecular formula is C17H19F3N2O4. The molecule has 2 N–H and O–H groups in total. The van der Waals surface area contributed by atoms with Crippen molar-refractivity contribution in [3.8, 4) is 5.75 Å². The van der Waals surface area contributed by atoms with Crippen LogP contribution in [0.5, 0.6) is 5.75 Å². The van der Waals surface area contributed by atoms with E-state index in [-0.39, 0.29) is 12.6 Å². The second-order valence-electron chi connectivity index (χ2n) is 6.72. The Morgan fingerprint density at radius 3 is 2.65 bits per heavy atom. The van der Waals surface area contributed by atoms with Gasteiger partial charge in [-0.1, -0.05) is 18.2 Å². The standard InChI is InChI=1S/C17H19F3N2O4/c1-9-3-2-4-10-5-11(8-26-14(9)10)21-16(25)22-6-12(15(23)24)13(7-22)17(18,19)20/h2-4,11-13H,5-8H2,1H3,(H,21,25)(H,23,24)/t11?,12-,13-/m1/s1. The number of rotatable bonds is 2. The van der Waals surface area contributed by atoms with E-state index in [1.165, 1.54) is 0 Å². The predicted molar refractivity (Wildman–Crippen MR) is 84.9 cm³/mol. The first-order valence-corrected chi connectivity index (χ1v) is 8.23. The van der Waals surface area contributed by atoms with Crippen molar-refractivity contribution in [2.45, 2.75) is 25.6 Å². The first kappa shape index (κ1) is 18.3. The average Bonchev–Trinajstić information content (AvgIpc) is 3.01. The third kappa shape index (κ3) is 3.56. The van der Waals surface area contributed by atoms with Crippen molar-refractivity contribution in [3.63, 3.8) is 0 Å². The highest BCUT2D eigenvalue weighted by molar-refractivity contribution is 5.78. The zero-order chi connectivity index (χ0) is 19.1. The second-order valence-corrected chi connectivity index (χ2v) is 6.72. The number of halogens is 3. The van der Waals surface area contributed by atoms with Crippen LogP contribution in [0.3, 0.4) is 0 Å². The number of urea groups is 1. The van der Waals surface area contributed by atoms with Crippen LogP contribution in [-0.2, 0) is 11.2 Å². The Bertz CT molecular complexity index is 722. The lowest BCUT2D eigenvalue weighted by atomic mass is 9.96. The lowest BCUT2D eigenvalue weighted by molar-refractivity contribution is -0.187. The summed E-state index contributed by atoms with van der Waals surface area (Å²) in [5.74, 6) is -4.49. The number of aliphatic carboxylic acids is 1. The van der Waals surface area contributed by atoms with Gasteiger partial charge in [-0.05, 0) is 24.5 Å². The van der Waals surface area contributed by atoms with Crippen molar-refractivity contribution in [2.75, 3.05) is 19.7 Å². The number of nitrogens with zero attached hydrogens (tertiary/aromatic N) is 1. The third-order valence-electron chi connectivity index (χ3n) is 4.86. The highest BCUT2D eigenvalue weighted by Gasteiger charge is 2.53. The van der Waals surface area contributed by atoms with Gasteiger partial charge < -0.3 is 20.1 Å². The summed E-state index contributed by atoms with van der Waals surface area (Å²) in [5.41, 5.74) is 1.89. The first-order chi connectivity index (χ1) is 12.2. The number of hydrogen-bond donors (Lipinski definition) is 2. The maximum atomic E-state index is 13.0. The summed E-state index contributed by atoms with van der Waals surface area (Å²) in [6.45, 7) is 0.998. The van der Waals surface area contributed by atoms with Crippen molar-refractivity contribution in [1.82, 2.24) is 10.2 Å². The number of para-hydroxylation sites is 1. The lowest BCUT2D eigenvalue weighted by Crippen LogP contribution is -2.48. The van der Waals surface area contributed by atoms with Crippen molar-refractivity contribution >= 4 is 12.0 Å². The lowest BCUT2D eigenvalue weighted by Gasteiger charge is -2.29. The Balaban J connectivity index is 1.65. The van der Waals surface area contributed by atoms with Gasteiger partial charge in [-0.15, -0.1) is 0 Å². The highest BCUT2D eigenvalue weighted by Crippen LogP contribution is 2.37. The summed E-state index contributed by atoms with van der Waals surface area (Å²) < 4.78 is 44.7. The molecule has 3 rings (SSSR count). The molecule has 0 radical (unpaired) electrons. The molecule has 2 amide bonds. The Labute approximate surface area is 147 Å². The number of aryl methyl sites for hydroxylation is 1. The molecule has 0 saturated carbocycles. The molecule has 2 aliphatic rings. The van der Waals surface area contributed by atoms with Gasteiger partial charge in [0.2, 0.25) is 0 Å². The minimum atomic E-state index is -4.66. The van der Waals surface area contributed by atoms with Crippen molar-refractivity contribution in [2.24, 2.45) is 11.8 Å². The number of carboxylic acid groups (broad SMARTS) is 1. The normalized spacial score (nSPS) is 25.4. The molecule has 1 aromatic carbocycles. The number of carbonyl (C=O) groups is 2. The smallest absolute Gasteiger partial charge is 0.394 e. The number of ether oxygens (including phenoxy) is 1. The number of alkyl halides is 3. The molecule has 0 bridgehead atoms. The Kier molecular flexibility index (Phi) is 4.72. The molecule has 6 nitrogen and oxygen atoms in total. The van der Waals surface area contributed by atoms with E-state index < -0.39 is 43.1 Å². The molecule has 2 aliphatic heterocycles. The molecule has 3 atom stereocenters. The number of carbonyl (C=O) groups excluding carboxylic acids is 1. The van der Waals surface area contributed by atoms with Crippen LogP contribution in [0.2, 0.25) is 0 Å². The van der Waals surface area contributed by atoms with E-state index in [1.807, 2.05) is 25.1 Å². The van der Waals surface area contributed by atoms with E-state index in [9.17, 15) is 22.8 Å². The molecule has 1 unspecified atom stereocenters. The zero-order valence-electron chi connectivity index (χ0n) is 14.0. The summed E-state index contributed by atoms with van der Waals surface area (Å²) in [7, 11) is 0. The van der Waals surface area contributed by atoms with Crippen LogP contribution in [0.15, 0.2) is 18.2 Å². The van der Waals surface area contributed by atoms with Crippen LogP contribution in [0.25, 0.3) is 0 Å². The quantitative estimate of drug-likeness (QED) is 0.834. The number of carboxylic acids is 1.